The second-order valence-corrected chi connectivity index (χ2v) is 4.00. The van der Waals surface area contributed by atoms with Gasteiger partial charge in [0.2, 0.25) is 0 Å². The largest absolute Gasteiger partial charge is 0.478 e. The van der Waals surface area contributed by atoms with Crippen LogP contribution >= 0.6 is 0 Å². The van der Waals surface area contributed by atoms with E-state index in [2.05, 4.69) is 0 Å². The molecule has 0 bridgehead atoms. The van der Waals surface area contributed by atoms with E-state index in [1.54, 1.807) is 24.3 Å². The number of aliphatic carboxylic acids is 1. The predicted octanol–water partition coefficient (Wildman–Crippen LogP) is 3.03. The first kappa shape index (κ1) is 12.8. The Bertz CT molecular complexity index is 633. The Morgan fingerprint density at radius 2 is 1.74 bits per heavy atom. The number of anilines is 1. The second kappa shape index (κ2) is 5.35. The predicted molar refractivity (Wildman–Crippen MR) is 72.8 cm³/mol. The van der Waals surface area contributed by atoms with Crippen molar-refractivity contribution in [2.24, 2.45) is 0 Å². The SMILES string of the molecule is Nc1ccccc1/C=C(\C(=O)O)c1ccc(F)cc1. The summed E-state index contributed by atoms with van der Waals surface area (Å²) in [7, 11) is 0. The third-order valence-electron chi connectivity index (χ3n) is 2.68. The molecular formula is C15H12FNO2. The fourth-order valence-corrected chi connectivity index (χ4v) is 1.70. The van der Waals surface area contributed by atoms with Gasteiger partial charge in [0.15, 0.2) is 0 Å². The smallest absolute Gasteiger partial charge is 0.336 e. The molecule has 0 fully saturated rings. The molecule has 0 saturated carbocycles. The lowest BCUT2D eigenvalue weighted by atomic mass is 10.0. The van der Waals surface area contributed by atoms with Crippen LogP contribution in [-0.4, -0.2) is 11.1 Å². The van der Waals surface area contributed by atoms with Crippen LogP contribution in [0.25, 0.3) is 11.6 Å². The number of hydrogen-bond acceptors (Lipinski definition) is 2. The van der Waals surface area contributed by atoms with Crippen LogP contribution in [0.5, 0.6) is 0 Å². The summed E-state index contributed by atoms with van der Waals surface area (Å²) in [5.41, 5.74) is 7.37. The lowest BCUT2D eigenvalue weighted by molar-refractivity contribution is -0.130. The molecule has 0 aliphatic carbocycles. The van der Waals surface area contributed by atoms with Crippen LogP contribution in [0.2, 0.25) is 0 Å². The van der Waals surface area contributed by atoms with E-state index >= 15 is 0 Å². The molecule has 3 N–H and O–H groups in total. The average Bonchev–Trinajstić information content (AvgIpc) is 2.39. The van der Waals surface area contributed by atoms with Gasteiger partial charge < -0.3 is 10.8 Å². The molecule has 0 aliphatic rings. The maximum absolute atomic E-state index is 12.9. The highest BCUT2D eigenvalue weighted by Gasteiger charge is 2.11. The number of carboxylic acid groups (broad SMARTS) is 1. The van der Waals surface area contributed by atoms with E-state index in [-0.39, 0.29) is 5.57 Å². The Kier molecular flexibility index (Phi) is 3.61. The topological polar surface area (TPSA) is 63.3 Å². The molecule has 0 spiro atoms. The fourth-order valence-electron chi connectivity index (χ4n) is 1.70. The summed E-state index contributed by atoms with van der Waals surface area (Å²) in [4.78, 5) is 11.3. The fraction of sp³-hybridized carbons (Fsp3) is 0. The summed E-state index contributed by atoms with van der Waals surface area (Å²) < 4.78 is 12.9. The van der Waals surface area contributed by atoms with E-state index < -0.39 is 11.8 Å². The number of carboxylic acids is 1. The highest BCUT2D eigenvalue weighted by molar-refractivity contribution is 6.21. The van der Waals surface area contributed by atoms with E-state index in [0.29, 0.717) is 16.8 Å². The van der Waals surface area contributed by atoms with Gasteiger partial charge in [0, 0.05) is 5.69 Å². The summed E-state index contributed by atoms with van der Waals surface area (Å²) in [6.45, 7) is 0. The van der Waals surface area contributed by atoms with Gasteiger partial charge in [0.25, 0.3) is 0 Å². The second-order valence-electron chi connectivity index (χ2n) is 4.00. The van der Waals surface area contributed by atoms with Crippen molar-refractivity contribution in [3.8, 4) is 0 Å². The first-order valence-corrected chi connectivity index (χ1v) is 5.63. The number of para-hydroxylation sites is 1. The molecule has 0 unspecified atom stereocenters. The third kappa shape index (κ3) is 2.98. The number of hydrogen-bond donors (Lipinski definition) is 2. The molecule has 3 nitrogen and oxygen atoms in total. The lowest BCUT2D eigenvalue weighted by Gasteiger charge is -2.05. The van der Waals surface area contributed by atoms with Crippen molar-refractivity contribution in [2.75, 3.05) is 5.73 Å². The van der Waals surface area contributed by atoms with E-state index in [1.807, 2.05) is 0 Å². The van der Waals surface area contributed by atoms with E-state index in [9.17, 15) is 14.3 Å². The van der Waals surface area contributed by atoms with E-state index in [1.165, 1.54) is 30.3 Å². The standard InChI is InChI=1S/C15H12FNO2/c16-12-7-5-10(6-8-12)13(15(18)19)9-11-3-1-2-4-14(11)17/h1-9H,17H2,(H,18,19)/b13-9-. The van der Waals surface area contributed by atoms with Crippen LogP contribution in [0, 0.1) is 5.82 Å². The molecule has 0 atom stereocenters. The van der Waals surface area contributed by atoms with Crippen molar-refractivity contribution < 1.29 is 14.3 Å². The van der Waals surface area contributed by atoms with Gasteiger partial charge in [-0.25, -0.2) is 9.18 Å². The van der Waals surface area contributed by atoms with Gasteiger partial charge in [0.05, 0.1) is 5.57 Å². The van der Waals surface area contributed by atoms with Crippen molar-refractivity contribution >= 4 is 23.3 Å². The average molecular weight is 257 g/mol. The van der Waals surface area contributed by atoms with Crippen molar-refractivity contribution in [3.05, 3.63) is 65.5 Å². The minimum absolute atomic E-state index is 0.0675. The van der Waals surface area contributed by atoms with Crippen LogP contribution in [0.3, 0.4) is 0 Å². The van der Waals surface area contributed by atoms with Crippen molar-refractivity contribution in [1.29, 1.82) is 0 Å². The summed E-state index contributed by atoms with van der Waals surface area (Å²) in [6, 6.07) is 12.2. The Morgan fingerprint density at radius 3 is 2.32 bits per heavy atom. The molecule has 0 heterocycles. The van der Waals surface area contributed by atoms with Gasteiger partial charge in [-0.2, -0.15) is 0 Å². The number of rotatable bonds is 3. The molecule has 0 radical (unpaired) electrons. The van der Waals surface area contributed by atoms with Crippen molar-refractivity contribution in [1.82, 2.24) is 0 Å². The highest BCUT2D eigenvalue weighted by Crippen LogP contribution is 2.22. The minimum atomic E-state index is -1.09. The van der Waals surface area contributed by atoms with E-state index in [0.717, 1.165) is 0 Å². The molecule has 0 saturated heterocycles. The first-order chi connectivity index (χ1) is 9.08. The van der Waals surface area contributed by atoms with Gasteiger partial charge in [-0.3, -0.25) is 0 Å². The molecule has 2 rings (SSSR count). The maximum Gasteiger partial charge on any atom is 0.336 e. The summed E-state index contributed by atoms with van der Waals surface area (Å²) in [5, 5.41) is 9.25. The Morgan fingerprint density at radius 1 is 1.11 bits per heavy atom. The van der Waals surface area contributed by atoms with Crippen molar-refractivity contribution in [2.45, 2.75) is 0 Å². The Balaban J connectivity index is 2.50. The molecule has 2 aromatic carbocycles. The van der Waals surface area contributed by atoms with Crippen LogP contribution in [0.4, 0.5) is 10.1 Å². The molecule has 96 valence electrons. The number of nitrogens with two attached hydrogens (primary N) is 1. The van der Waals surface area contributed by atoms with Crippen LogP contribution in [0.1, 0.15) is 11.1 Å². The summed E-state index contributed by atoms with van der Waals surface area (Å²) in [5.74, 6) is -1.50. The quantitative estimate of drug-likeness (QED) is 0.504. The van der Waals surface area contributed by atoms with E-state index in [4.69, 9.17) is 5.73 Å². The zero-order valence-corrected chi connectivity index (χ0v) is 10.0. The number of carbonyl (C=O) groups is 1. The highest BCUT2D eigenvalue weighted by atomic mass is 19.1. The van der Waals surface area contributed by atoms with Gasteiger partial charge in [0.1, 0.15) is 5.82 Å². The van der Waals surface area contributed by atoms with Crippen LogP contribution in [-0.2, 0) is 4.79 Å². The molecule has 0 aromatic heterocycles. The number of halogens is 1. The molecule has 19 heavy (non-hydrogen) atoms. The van der Waals surface area contributed by atoms with Gasteiger partial charge in [-0.05, 0) is 35.4 Å². The van der Waals surface area contributed by atoms with Crippen molar-refractivity contribution in [3.63, 3.8) is 0 Å². The summed E-state index contributed by atoms with van der Waals surface area (Å²) >= 11 is 0. The third-order valence-corrected chi connectivity index (χ3v) is 2.68. The maximum atomic E-state index is 12.9. The van der Waals surface area contributed by atoms with Gasteiger partial charge in [-0.1, -0.05) is 30.3 Å². The van der Waals surface area contributed by atoms with Gasteiger partial charge in [-0.15, -0.1) is 0 Å². The molecule has 2 aromatic rings. The van der Waals surface area contributed by atoms with Gasteiger partial charge >= 0.3 is 5.97 Å². The van der Waals surface area contributed by atoms with Crippen LogP contribution < -0.4 is 5.73 Å². The minimum Gasteiger partial charge on any atom is -0.478 e. The molecule has 4 heteroatoms. The van der Waals surface area contributed by atoms with Crippen LogP contribution in [0.15, 0.2) is 48.5 Å². The Labute approximate surface area is 109 Å². The molecule has 0 amide bonds. The number of nitrogen functional groups attached to an aromatic ring is 1. The zero-order valence-electron chi connectivity index (χ0n) is 10.0. The first-order valence-electron chi connectivity index (χ1n) is 5.63. The lowest BCUT2D eigenvalue weighted by Crippen LogP contribution is -2.00. The zero-order chi connectivity index (χ0) is 13.8. The summed E-state index contributed by atoms with van der Waals surface area (Å²) in [6.07, 6.45) is 1.48. The molecular weight excluding hydrogens is 245 g/mol. The normalized spacial score (nSPS) is 11.3. The molecule has 0 aliphatic heterocycles. The number of benzene rings is 2. The monoisotopic (exact) mass is 257 g/mol. The Hall–Kier alpha value is -2.62.